The Hall–Kier alpha value is -1.30. The van der Waals surface area contributed by atoms with E-state index in [1.54, 1.807) is 0 Å². The van der Waals surface area contributed by atoms with Crippen LogP contribution in [0.3, 0.4) is 0 Å². The van der Waals surface area contributed by atoms with Gasteiger partial charge in [-0.15, -0.1) is 0 Å². The smallest absolute Gasteiger partial charge is 0.156 e. The van der Waals surface area contributed by atoms with Crippen molar-refractivity contribution in [3.63, 3.8) is 0 Å². The molecule has 0 heterocycles. The maximum Gasteiger partial charge on any atom is 0.156 e. The van der Waals surface area contributed by atoms with Crippen LogP contribution in [-0.2, 0) is 9.47 Å². The lowest BCUT2D eigenvalue weighted by Gasteiger charge is -2.09. The van der Waals surface area contributed by atoms with Gasteiger partial charge in [-0.25, -0.2) is 0 Å². The molecule has 0 saturated carbocycles. The summed E-state index contributed by atoms with van der Waals surface area (Å²) in [6, 6.07) is 8.05. The molecule has 0 spiro atoms. The Balaban J connectivity index is 2.41. The highest BCUT2D eigenvalue weighted by Crippen LogP contribution is 2.04. The molecule has 0 amide bonds. The molecule has 0 aliphatic heterocycles. The number of hydrogen-bond acceptors (Lipinski definition) is 2. The van der Waals surface area contributed by atoms with Crippen LogP contribution in [0.1, 0.15) is 25.0 Å². The number of rotatable bonds is 4. The summed E-state index contributed by atoms with van der Waals surface area (Å²) >= 11 is 0. The molecule has 2 nitrogen and oxygen atoms in total. The van der Waals surface area contributed by atoms with Crippen LogP contribution in [0.2, 0.25) is 0 Å². The molecule has 0 fully saturated rings. The highest BCUT2D eigenvalue weighted by molar-refractivity contribution is 5.40. The molecule has 0 N–H and O–H groups in total. The number of aryl methyl sites for hydroxylation is 1. The van der Waals surface area contributed by atoms with Gasteiger partial charge >= 0.3 is 0 Å². The van der Waals surface area contributed by atoms with Gasteiger partial charge in [0.15, 0.2) is 6.29 Å². The molecule has 0 bridgehead atoms. The molecule has 0 saturated heterocycles. The highest BCUT2D eigenvalue weighted by Gasteiger charge is 1.97. The summed E-state index contributed by atoms with van der Waals surface area (Å²) in [5.74, 6) is 6.06. The van der Waals surface area contributed by atoms with Crippen LogP contribution in [0, 0.1) is 18.8 Å². The van der Waals surface area contributed by atoms with Gasteiger partial charge in [-0.2, -0.15) is 0 Å². The predicted molar refractivity (Wildman–Crippen MR) is 65.1 cm³/mol. The van der Waals surface area contributed by atoms with E-state index in [1.807, 2.05) is 45.0 Å². The Morgan fingerprint density at radius 1 is 1.25 bits per heavy atom. The van der Waals surface area contributed by atoms with Crippen molar-refractivity contribution in [1.29, 1.82) is 0 Å². The summed E-state index contributed by atoms with van der Waals surface area (Å²) in [7, 11) is 0. The summed E-state index contributed by atoms with van der Waals surface area (Å²) in [6.45, 7) is 6.92. The Labute approximate surface area is 97.6 Å². The second kappa shape index (κ2) is 7.05. The van der Waals surface area contributed by atoms with E-state index >= 15 is 0 Å². The first-order valence-corrected chi connectivity index (χ1v) is 5.51. The largest absolute Gasteiger partial charge is 0.353 e. The lowest BCUT2D eigenvalue weighted by atomic mass is 10.1. The Kier molecular flexibility index (Phi) is 5.63. The molecule has 86 valence electrons. The topological polar surface area (TPSA) is 18.5 Å². The third-order valence-electron chi connectivity index (χ3n) is 2.16. The van der Waals surface area contributed by atoms with E-state index in [9.17, 15) is 0 Å². The van der Waals surface area contributed by atoms with E-state index in [1.165, 1.54) is 5.56 Å². The van der Waals surface area contributed by atoms with Gasteiger partial charge in [-0.3, -0.25) is 0 Å². The standard InChI is InChI=1S/C14H18O2/c1-4-15-13(3)16-11-7-10-14-9-6-5-8-12(14)2/h5-6,8-9,13H,4,11H2,1-3H3. The van der Waals surface area contributed by atoms with Crippen LogP contribution in [0.15, 0.2) is 24.3 Å². The van der Waals surface area contributed by atoms with Crippen molar-refractivity contribution < 1.29 is 9.47 Å². The first kappa shape index (κ1) is 12.8. The minimum Gasteiger partial charge on any atom is -0.353 e. The summed E-state index contributed by atoms with van der Waals surface area (Å²) in [4.78, 5) is 0. The molecule has 16 heavy (non-hydrogen) atoms. The average Bonchev–Trinajstić information content (AvgIpc) is 2.27. The van der Waals surface area contributed by atoms with E-state index in [2.05, 4.69) is 11.8 Å². The average molecular weight is 218 g/mol. The Bertz CT molecular complexity index is 374. The maximum absolute atomic E-state index is 5.35. The zero-order valence-electron chi connectivity index (χ0n) is 10.1. The molecule has 0 radical (unpaired) electrons. The molecule has 0 aliphatic rings. The van der Waals surface area contributed by atoms with E-state index < -0.39 is 0 Å². The Morgan fingerprint density at radius 3 is 2.69 bits per heavy atom. The van der Waals surface area contributed by atoms with Crippen LogP contribution in [-0.4, -0.2) is 19.5 Å². The fourth-order valence-corrected chi connectivity index (χ4v) is 1.29. The molecule has 1 aromatic rings. The Morgan fingerprint density at radius 2 is 2.00 bits per heavy atom. The molecule has 1 rings (SSSR count). The predicted octanol–water partition coefficient (Wildman–Crippen LogP) is 2.75. The van der Waals surface area contributed by atoms with Gasteiger partial charge in [-0.05, 0) is 32.4 Å². The first-order valence-electron chi connectivity index (χ1n) is 5.51. The van der Waals surface area contributed by atoms with Gasteiger partial charge in [0.2, 0.25) is 0 Å². The summed E-state index contributed by atoms with van der Waals surface area (Å²) in [6.07, 6.45) is -0.184. The third kappa shape index (κ3) is 4.48. The van der Waals surface area contributed by atoms with Crippen molar-refractivity contribution in [3.05, 3.63) is 35.4 Å². The molecular weight excluding hydrogens is 200 g/mol. The third-order valence-corrected chi connectivity index (χ3v) is 2.16. The normalized spacial score (nSPS) is 11.7. The molecule has 2 heteroatoms. The van der Waals surface area contributed by atoms with Crippen LogP contribution in [0.5, 0.6) is 0 Å². The monoisotopic (exact) mass is 218 g/mol. The van der Waals surface area contributed by atoms with E-state index in [0.717, 1.165) is 5.56 Å². The van der Waals surface area contributed by atoms with Gasteiger partial charge in [0, 0.05) is 12.2 Å². The molecular formula is C14H18O2. The van der Waals surface area contributed by atoms with Gasteiger partial charge in [0.05, 0.1) is 0 Å². The van der Waals surface area contributed by atoms with Crippen molar-refractivity contribution in [2.45, 2.75) is 27.1 Å². The maximum atomic E-state index is 5.35. The van der Waals surface area contributed by atoms with Gasteiger partial charge in [0.1, 0.15) is 6.61 Å². The summed E-state index contributed by atoms with van der Waals surface area (Å²) < 4.78 is 10.6. The van der Waals surface area contributed by atoms with Gasteiger partial charge < -0.3 is 9.47 Å². The minimum absolute atomic E-state index is 0.184. The second-order valence-corrected chi connectivity index (χ2v) is 3.45. The van der Waals surface area contributed by atoms with Crippen molar-refractivity contribution in [2.24, 2.45) is 0 Å². The van der Waals surface area contributed by atoms with E-state index in [-0.39, 0.29) is 6.29 Å². The number of hydrogen-bond donors (Lipinski definition) is 0. The van der Waals surface area contributed by atoms with Crippen LogP contribution < -0.4 is 0 Å². The van der Waals surface area contributed by atoms with Crippen molar-refractivity contribution in [3.8, 4) is 11.8 Å². The fourth-order valence-electron chi connectivity index (χ4n) is 1.29. The summed E-state index contributed by atoms with van der Waals surface area (Å²) in [5, 5.41) is 0. The van der Waals surface area contributed by atoms with Crippen molar-refractivity contribution in [2.75, 3.05) is 13.2 Å². The molecule has 0 aliphatic carbocycles. The van der Waals surface area contributed by atoms with Crippen molar-refractivity contribution >= 4 is 0 Å². The molecule has 0 aromatic heterocycles. The summed E-state index contributed by atoms with van der Waals surface area (Å²) in [5.41, 5.74) is 2.24. The highest BCUT2D eigenvalue weighted by atomic mass is 16.7. The zero-order chi connectivity index (χ0) is 11.8. The van der Waals surface area contributed by atoms with Crippen LogP contribution in [0.4, 0.5) is 0 Å². The lowest BCUT2D eigenvalue weighted by Crippen LogP contribution is -2.12. The fraction of sp³-hybridized carbons (Fsp3) is 0.429. The zero-order valence-corrected chi connectivity index (χ0v) is 10.1. The van der Waals surface area contributed by atoms with E-state index in [0.29, 0.717) is 13.2 Å². The molecule has 1 atom stereocenters. The van der Waals surface area contributed by atoms with Crippen molar-refractivity contribution in [1.82, 2.24) is 0 Å². The van der Waals surface area contributed by atoms with Crippen LogP contribution in [0.25, 0.3) is 0 Å². The number of ether oxygens (including phenoxy) is 2. The minimum atomic E-state index is -0.184. The SMILES string of the molecule is CCOC(C)OCC#Cc1ccccc1C. The molecule has 1 aromatic carbocycles. The second-order valence-electron chi connectivity index (χ2n) is 3.45. The number of benzene rings is 1. The lowest BCUT2D eigenvalue weighted by molar-refractivity contribution is -0.117. The van der Waals surface area contributed by atoms with Gasteiger partial charge in [-0.1, -0.05) is 30.0 Å². The molecule has 1 unspecified atom stereocenters. The van der Waals surface area contributed by atoms with E-state index in [4.69, 9.17) is 9.47 Å². The first-order chi connectivity index (χ1) is 7.74. The quantitative estimate of drug-likeness (QED) is 0.571. The van der Waals surface area contributed by atoms with Crippen LogP contribution >= 0.6 is 0 Å². The van der Waals surface area contributed by atoms with Gasteiger partial charge in [0.25, 0.3) is 0 Å².